The molecule has 0 aromatic carbocycles. The summed E-state index contributed by atoms with van der Waals surface area (Å²) in [4.78, 5) is 14.4. The average Bonchev–Trinajstić information content (AvgIpc) is 2.67. The Morgan fingerprint density at radius 3 is 2.92 bits per heavy atom. The quantitative estimate of drug-likeness (QED) is 0.648. The van der Waals surface area contributed by atoms with Crippen molar-refractivity contribution in [2.45, 2.75) is 0 Å². The molecule has 0 N–H and O–H groups in total. The maximum Gasteiger partial charge on any atom is 0.185 e. The van der Waals surface area contributed by atoms with Crippen LogP contribution in [-0.2, 0) is 0 Å². The molecular formula is C9H6N2O2. The van der Waals surface area contributed by atoms with E-state index in [-0.39, 0.29) is 5.69 Å². The third-order valence-corrected chi connectivity index (χ3v) is 1.57. The van der Waals surface area contributed by atoms with Crippen molar-refractivity contribution in [1.82, 2.24) is 10.1 Å². The smallest absolute Gasteiger partial charge is 0.185 e. The minimum absolute atomic E-state index is 0.278. The van der Waals surface area contributed by atoms with Gasteiger partial charge in [-0.15, -0.1) is 0 Å². The van der Waals surface area contributed by atoms with Gasteiger partial charge in [0.2, 0.25) is 0 Å². The number of nitrogens with zero attached hydrogens (tertiary/aromatic N) is 2. The van der Waals surface area contributed by atoms with Crippen LogP contribution in [0.2, 0.25) is 0 Å². The summed E-state index contributed by atoms with van der Waals surface area (Å²) < 4.78 is 4.90. The van der Waals surface area contributed by atoms with Crippen LogP contribution < -0.4 is 0 Å². The molecule has 64 valence electrons. The van der Waals surface area contributed by atoms with Gasteiger partial charge in [0.15, 0.2) is 12.0 Å². The number of hydrogen-bond acceptors (Lipinski definition) is 4. The van der Waals surface area contributed by atoms with Gasteiger partial charge < -0.3 is 4.52 Å². The van der Waals surface area contributed by atoms with Crippen molar-refractivity contribution in [2.24, 2.45) is 0 Å². The molecule has 2 aromatic heterocycles. The standard InChI is InChI=1S/C9H6N2O2/c12-6-7-5-9(13-11-7)8-3-1-2-4-10-8/h1-6H. The molecule has 0 radical (unpaired) electrons. The first-order chi connectivity index (χ1) is 6.40. The second-order valence-corrected chi connectivity index (χ2v) is 2.45. The molecule has 0 unspecified atom stereocenters. The fourth-order valence-electron chi connectivity index (χ4n) is 0.974. The largest absolute Gasteiger partial charge is 0.354 e. The van der Waals surface area contributed by atoms with Crippen LogP contribution in [0.1, 0.15) is 10.5 Å². The SMILES string of the molecule is O=Cc1cc(-c2ccccn2)on1. The molecule has 0 aliphatic heterocycles. The van der Waals surface area contributed by atoms with Gasteiger partial charge in [-0.3, -0.25) is 9.78 Å². The number of rotatable bonds is 2. The lowest BCUT2D eigenvalue weighted by Gasteiger charge is -1.90. The number of pyridine rings is 1. The van der Waals surface area contributed by atoms with Crippen molar-refractivity contribution in [2.75, 3.05) is 0 Å². The van der Waals surface area contributed by atoms with E-state index in [4.69, 9.17) is 4.52 Å². The van der Waals surface area contributed by atoms with Crippen molar-refractivity contribution >= 4 is 6.29 Å². The molecule has 0 fully saturated rings. The summed E-state index contributed by atoms with van der Waals surface area (Å²) in [5.74, 6) is 0.503. The van der Waals surface area contributed by atoms with E-state index in [9.17, 15) is 4.79 Å². The summed E-state index contributed by atoms with van der Waals surface area (Å²) in [5, 5.41) is 3.53. The maximum absolute atomic E-state index is 10.3. The van der Waals surface area contributed by atoms with E-state index in [0.717, 1.165) is 0 Å². The number of hydrogen-bond donors (Lipinski definition) is 0. The lowest BCUT2D eigenvalue weighted by molar-refractivity contribution is 0.111. The molecule has 2 heterocycles. The Kier molecular flexibility index (Phi) is 1.88. The molecule has 4 nitrogen and oxygen atoms in total. The van der Waals surface area contributed by atoms with E-state index in [1.54, 1.807) is 24.4 Å². The van der Waals surface area contributed by atoms with Gasteiger partial charge in [0.25, 0.3) is 0 Å². The van der Waals surface area contributed by atoms with Gasteiger partial charge in [0.05, 0.1) is 0 Å². The lowest BCUT2D eigenvalue weighted by Crippen LogP contribution is -1.77. The van der Waals surface area contributed by atoms with E-state index in [2.05, 4.69) is 10.1 Å². The third kappa shape index (κ3) is 1.46. The molecular weight excluding hydrogens is 168 g/mol. The zero-order valence-electron chi connectivity index (χ0n) is 6.68. The molecule has 0 spiro atoms. The van der Waals surface area contributed by atoms with Gasteiger partial charge in [-0.1, -0.05) is 11.2 Å². The van der Waals surface area contributed by atoms with Crippen LogP contribution in [-0.4, -0.2) is 16.4 Å². The van der Waals surface area contributed by atoms with Gasteiger partial charge in [-0.2, -0.15) is 0 Å². The Hall–Kier alpha value is -1.97. The van der Waals surface area contributed by atoms with Crippen LogP contribution in [0.25, 0.3) is 11.5 Å². The van der Waals surface area contributed by atoms with Gasteiger partial charge in [-0.25, -0.2) is 0 Å². The van der Waals surface area contributed by atoms with E-state index in [1.165, 1.54) is 0 Å². The van der Waals surface area contributed by atoms with Crippen LogP contribution in [0.4, 0.5) is 0 Å². The highest BCUT2D eigenvalue weighted by Gasteiger charge is 2.05. The molecule has 0 saturated heterocycles. The average molecular weight is 174 g/mol. The van der Waals surface area contributed by atoms with Crippen LogP contribution in [0.15, 0.2) is 35.0 Å². The second-order valence-electron chi connectivity index (χ2n) is 2.45. The molecule has 13 heavy (non-hydrogen) atoms. The van der Waals surface area contributed by atoms with Crippen LogP contribution >= 0.6 is 0 Å². The molecule has 4 heteroatoms. The predicted octanol–water partition coefficient (Wildman–Crippen LogP) is 1.55. The fraction of sp³-hybridized carbons (Fsp3) is 0. The normalized spacial score (nSPS) is 9.85. The first-order valence-corrected chi connectivity index (χ1v) is 3.73. The summed E-state index contributed by atoms with van der Waals surface area (Å²) in [6.07, 6.45) is 2.29. The number of aromatic nitrogens is 2. The summed E-state index contributed by atoms with van der Waals surface area (Å²) in [6, 6.07) is 6.98. The van der Waals surface area contributed by atoms with Crippen molar-refractivity contribution in [3.05, 3.63) is 36.2 Å². The highest BCUT2D eigenvalue weighted by Crippen LogP contribution is 2.15. The number of carbonyl (C=O) groups is 1. The van der Waals surface area contributed by atoms with E-state index < -0.39 is 0 Å². The molecule has 2 rings (SSSR count). The highest BCUT2D eigenvalue weighted by atomic mass is 16.5. The van der Waals surface area contributed by atoms with Crippen molar-refractivity contribution in [3.8, 4) is 11.5 Å². The van der Waals surface area contributed by atoms with Crippen molar-refractivity contribution < 1.29 is 9.32 Å². The minimum Gasteiger partial charge on any atom is -0.354 e. The van der Waals surface area contributed by atoms with Gasteiger partial charge in [0, 0.05) is 12.3 Å². The van der Waals surface area contributed by atoms with Gasteiger partial charge in [-0.05, 0) is 12.1 Å². The van der Waals surface area contributed by atoms with E-state index in [1.807, 2.05) is 6.07 Å². The topological polar surface area (TPSA) is 56.0 Å². The maximum atomic E-state index is 10.3. The Labute approximate surface area is 74.2 Å². The predicted molar refractivity (Wildman–Crippen MR) is 45.1 cm³/mol. The fourth-order valence-corrected chi connectivity index (χ4v) is 0.974. The molecule has 0 bridgehead atoms. The molecule has 0 aliphatic carbocycles. The molecule has 2 aromatic rings. The first-order valence-electron chi connectivity index (χ1n) is 3.73. The van der Waals surface area contributed by atoms with Gasteiger partial charge >= 0.3 is 0 Å². The number of carbonyl (C=O) groups excluding carboxylic acids is 1. The monoisotopic (exact) mass is 174 g/mol. The van der Waals surface area contributed by atoms with Crippen LogP contribution in [0, 0.1) is 0 Å². The van der Waals surface area contributed by atoms with Gasteiger partial charge in [0.1, 0.15) is 11.4 Å². The second kappa shape index (κ2) is 3.18. The highest BCUT2D eigenvalue weighted by molar-refractivity contribution is 5.73. The van der Waals surface area contributed by atoms with E-state index in [0.29, 0.717) is 17.7 Å². The first kappa shape index (κ1) is 7.67. The minimum atomic E-state index is 0.278. The molecule has 0 amide bonds. The summed E-state index contributed by atoms with van der Waals surface area (Å²) >= 11 is 0. The molecule has 0 aliphatic rings. The summed E-state index contributed by atoms with van der Waals surface area (Å²) in [7, 11) is 0. The summed E-state index contributed by atoms with van der Waals surface area (Å²) in [6.45, 7) is 0. The Morgan fingerprint density at radius 2 is 2.31 bits per heavy atom. The zero-order valence-corrected chi connectivity index (χ0v) is 6.68. The van der Waals surface area contributed by atoms with Crippen LogP contribution in [0.5, 0.6) is 0 Å². The zero-order chi connectivity index (χ0) is 9.10. The summed E-state index contributed by atoms with van der Waals surface area (Å²) in [5.41, 5.74) is 0.948. The molecule has 0 saturated carbocycles. The molecule has 0 atom stereocenters. The Morgan fingerprint density at radius 1 is 1.38 bits per heavy atom. The van der Waals surface area contributed by atoms with Crippen LogP contribution in [0.3, 0.4) is 0 Å². The Balaban J connectivity index is 2.41. The lowest BCUT2D eigenvalue weighted by atomic mass is 10.3. The van der Waals surface area contributed by atoms with Crippen molar-refractivity contribution in [3.63, 3.8) is 0 Å². The van der Waals surface area contributed by atoms with E-state index >= 15 is 0 Å². The third-order valence-electron chi connectivity index (χ3n) is 1.57. The van der Waals surface area contributed by atoms with Crippen molar-refractivity contribution in [1.29, 1.82) is 0 Å². The Bertz CT molecular complexity index is 409. The number of aldehydes is 1.